The molecule has 0 spiro atoms. The molecule has 0 fully saturated rings. The SMILES string of the molecule is O=c1[nH]c(=S)n(-c2ccc(Cl)cc2)c(O)c1C=C=Cc1ccc([N+](=O)[O-])cc1. The summed E-state index contributed by atoms with van der Waals surface area (Å²) in [5, 5.41) is 21.7. The molecule has 0 saturated carbocycles. The molecule has 0 unspecified atom stereocenters. The lowest BCUT2D eigenvalue weighted by molar-refractivity contribution is -0.384. The molecule has 0 atom stereocenters. The highest BCUT2D eigenvalue weighted by Gasteiger charge is 2.11. The number of hydrogen-bond acceptors (Lipinski definition) is 5. The molecule has 2 aromatic carbocycles. The van der Waals surface area contributed by atoms with E-state index in [1.165, 1.54) is 28.9 Å². The van der Waals surface area contributed by atoms with Crippen molar-refractivity contribution in [1.29, 1.82) is 0 Å². The van der Waals surface area contributed by atoms with Crippen LogP contribution in [0.3, 0.4) is 0 Å². The number of benzene rings is 2. The summed E-state index contributed by atoms with van der Waals surface area (Å²) >= 11 is 11.0. The summed E-state index contributed by atoms with van der Waals surface area (Å²) in [6, 6.07) is 12.4. The zero-order chi connectivity index (χ0) is 20.3. The molecule has 7 nitrogen and oxygen atoms in total. The number of H-pyrrole nitrogens is 1. The van der Waals surface area contributed by atoms with E-state index in [0.29, 0.717) is 16.3 Å². The first kappa shape index (κ1) is 19.3. The van der Waals surface area contributed by atoms with Gasteiger partial charge in [0.2, 0.25) is 5.88 Å². The zero-order valence-corrected chi connectivity index (χ0v) is 15.7. The zero-order valence-electron chi connectivity index (χ0n) is 14.1. The lowest BCUT2D eigenvalue weighted by Crippen LogP contribution is -2.15. The molecule has 3 aromatic rings. The minimum Gasteiger partial charge on any atom is -0.494 e. The van der Waals surface area contributed by atoms with Crippen LogP contribution in [0.1, 0.15) is 11.1 Å². The van der Waals surface area contributed by atoms with E-state index in [4.69, 9.17) is 23.8 Å². The third kappa shape index (κ3) is 4.10. The molecule has 140 valence electrons. The molecular weight excluding hydrogens is 402 g/mol. The molecule has 0 saturated heterocycles. The highest BCUT2D eigenvalue weighted by atomic mass is 35.5. The second kappa shape index (κ2) is 8.06. The van der Waals surface area contributed by atoms with Crippen LogP contribution in [-0.4, -0.2) is 19.6 Å². The van der Waals surface area contributed by atoms with Crippen molar-refractivity contribution in [3.05, 3.63) is 95.7 Å². The number of aromatic amines is 1. The van der Waals surface area contributed by atoms with Gasteiger partial charge in [-0.3, -0.25) is 24.5 Å². The predicted molar refractivity (Wildman–Crippen MR) is 109 cm³/mol. The van der Waals surface area contributed by atoms with E-state index in [9.17, 15) is 20.0 Å². The van der Waals surface area contributed by atoms with Crippen LogP contribution >= 0.6 is 23.8 Å². The number of nitrogens with one attached hydrogen (secondary N) is 1. The first-order valence-corrected chi connectivity index (χ1v) is 8.66. The Kier molecular flexibility index (Phi) is 5.56. The third-order valence-corrected chi connectivity index (χ3v) is 4.32. The van der Waals surface area contributed by atoms with Gasteiger partial charge >= 0.3 is 0 Å². The Morgan fingerprint density at radius 2 is 1.79 bits per heavy atom. The van der Waals surface area contributed by atoms with Crippen molar-refractivity contribution < 1.29 is 10.0 Å². The summed E-state index contributed by atoms with van der Waals surface area (Å²) in [6.07, 6.45) is 2.83. The number of non-ortho nitro benzene ring substituents is 1. The Morgan fingerprint density at radius 3 is 2.39 bits per heavy atom. The fourth-order valence-electron chi connectivity index (χ4n) is 2.41. The first-order valence-electron chi connectivity index (χ1n) is 7.88. The summed E-state index contributed by atoms with van der Waals surface area (Å²) < 4.78 is 1.33. The van der Waals surface area contributed by atoms with E-state index in [0.717, 1.165) is 0 Å². The van der Waals surface area contributed by atoms with Crippen molar-refractivity contribution in [2.75, 3.05) is 0 Å². The average Bonchev–Trinajstić information content (AvgIpc) is 2.66. The molecule has 0 aliphatic heterocycles. The molecule has 9 heteroatoms. The van der Waals surface area contributed by atoms with Gasteiger partial charge in [-0.25, -0.2) is 0 Å². The van der Waals surface area contributed by atoms with Gasteiger partial charge in [0, 0.05) is 17.2 Å². The summed E-state index contributed by atoms with van der Waals surface area (Å²) in [5.74, 6) is -0.347. The van der Waals surface area contributed by atoms with Crippen LogP contribution in [0, 0.1) is 14.9 Å². The maximum absolute atomic E-state index is 12.2. The molecular formula is C19H12ClN3O4S. The van der Waals surface area contributed by atoms with Crippen molar-refractivity contribution in [3.63, 3.8) is 0 Å². The van der Waals surface area contributed by atoms with Crippen LogP contribution in [0.15, 0.2) is 59.1 Å². The van der Waals surface area contributed by atoms with Crippen molar-refractivity contribution in [1.82, 2.24) is 9.55 Å². The maximum atomic E-state index is 12.2. The van der Waals surface area contributed by atoms with E-state index in [2.05, 4.69) is 10.7 Å². The molecule has 3 rings (SSSR count). The molecule has 0 radical (unpaired) electrons. The highest BCUT2D eigenvalue weighted by molar-refractivity contribution is 7.71. The normalized spacial score (nSPS) is 10.2. The van der Waals surface area contributed by atoms with Gasteiger partial charge in [0.25, 0.3) is 11.2 Å². The van der Waals surface area contributed by atoms with Crippen LogP contribution in [0.4, 0.5) is 5.69 Å². The van der Waals surface area contributed by atoms with Crippen LogP contribution in [-0.2, 0) is 0 Å². The van der Waals surface area contributed by atoms with E-state index >= 15 is 0 Å². The highest BCUT2D eigenvalue weighted by Crippen LogP contribution is 2.22. The molecule has 2 N–H and O–H groups in total. The fraction of sp³-hybridized carbons (Fsp3) is 0. The number of nitro benzene ring substituents is 1. The maximum Gasteiger partial charge on any atom is 0.269 e. The van der Waals surface area contributed by atoms with Crippen LogP contribution in [0.25, 0.3) is 17.8 Å². The number of aromatic nitrogens is 2. The summed E-state index contributed by atoms with van der Waals surface area (Å²) in [5.41, 5.74) is 3.31. The topological polar surface area (TPSA) is 101 Å². The molecule has 0 bridgehead atoms. The van der Waals surface area contributed by atoms with Gasteiger partial charge < -0.3 is 5.11 Å². The monoisotopic (exact) mass is 413 g/mol. The molecule has 0 aliphatic rings. The summed E-state index contributed by atoms with van der Waals surface area (Å²) in [4.78, 5) is 24.9. The number of aromatic hydroxyl groups is 1. The van der Waals surface area contributed by atoms with Gasteiger partial charge in [0.15, 0.2) is 4.77 Å². The van der Waals surface area contributed by atoms with Gasteiger partial charge in [-0.05, 0) is 66.3 Å². The molecule has 1 aromatic heterocycles. The number of nitro groups is 1. The summed E-state index contributed by atoms with van der Waals surface area (Å²) in [6.45, 7) is 0. The number of rotatable bonds is 4. The predicted octanol–water partition coefficient (Wildman–Crippen LogP) is 4.49. The van der Waals surface area contributed by atoms with Crippen molar-refractivity contribution in [2.45, 2.75) is 0 Å². The molecule has 0 amide bonds. The summed E-state index contributed by atoms with van der Waals surface area (Å²) in [7, 11) is 0. The lowest BCUT2D eigenvalue weighted by atomic mass is 10.2. The van der Waals surface area contributed by atoms with Gasteiger partial charge in [-0.15, -0.1) is 5.73 Å². The van der Waals surface area contributed by atoms with Gasteiger partial charge in [0.1, 0.15) is 5.56 Å². The van der Waals surface area contributed by atoms with Crippen LogP contribution in [0.2, 0.25) is 5.02 Å². The Balaban J connectivity index is 2.02. The smallest absolute Gasteiger partial charge is 0.269 e. The van der Waals surface area contributed by atoms with E-state index in [1.807, 2.05) is 0 Å². The largest absolute Gasteiger partial charge is 0.494 e. The molecule has 0 aliphatic carbocycles. The third-order valence-electron chi connectivity index (χ3n) is 3.79. The average molecular weight is 414 g/mol. The fourth-order valence-corrected chi connectivity index (χ4v) is 2.82. The molecule has 28 heavy (non-hydrogen) atoms. The Hall–Kier alpha value is -3.45. The van der Waals surface area contributed by atoms with Gasteiger partial charge in [0.05, 0.1) is 10.6 Å². The minimum absolute atomic E-state index is 0.0275. The van der Waals surface area contributed by atoms with Crippen LogP contribution in [0.5, 0.6) is 5.88 Å². The minimum atomic E-state index is -0.572. The van der Waals surface area contributed by atoms with Crippen molar-refractivity contribution in [2.24, 2.45) is 0 Å². The number of hydrogen-bond donors (Lipinski definition) is 2. The standard InChI is InChI=1S/C19H12ClN3O4S/c20-13-6-10-14(11-7-13)22-18(25)16(17(24)21-19(22)28)3-1-2-12-4-8-15(9-5-12)23(26)27/h2-11,25H,(H,21,24,28). The number of halogens is 1. The second-order valence-corrected chi connectivity index (χ2v) is 6.44. The Labute approximate surface area is 168 Å². The van der Waals surface area contributed by atoms with E-state index < -0.39 is 10.5 Å². The Morgan fingerprint density at radius 1 is 1.14 bits per heavy atom. The molecule has 1 heterocycles. The van der Waals surface area contributed by atoms with E-state index in [-0.39, 0.29) is 21.9 Å². The van der Waals surface area contributed by atoms with Gasteiger partial charge in [-0.2, -0.15) is 0 Å². The lowest BCUT2D eigenvalue weighted by Gasteiger charge is -2.11. The van der Waals surface area contributed by atoms with Gasteiger partial charge in [-0.1, -0.05) is 11.6 Å². The number of nitrogens with zero attached hydrogens (tertiary/aromatic N) is 2. The van der Waals surface area contributed by atoms with Crippen molar-refractivity contribution >= 4 is 41.7 Å². The Bertz CT molecular complexity index is 1220. The van der Waals surface area contributed by atoms with Crippen LogP contribution < -0.4 is 5.56 Å². The quantitative estimate of drug-likeness (QED) is 0.284. The van der Waals surface area contributed by atoms with E-state index in [1.54, 1.807) is 36.4 Å². The first-order chi connectivity index (χ1) is 13.4. The van der Waals surface area contributed by atoms with Crippen molar-refractivity contribution in [3.8, 4) is 11.6 Å². The second-order valence-electron chi connectivity index (χ2n) is 5.61.